The summed E-state index contributed by atoms with van der Waals surface area (Å²) in [6, 6.07) is 20.2. The molecule has 2 nitrogen and oxygen atoms in total. The van der Waals surface area contributed by atoms with Gasteiger partial charge in [0.05, 0.1) is 0 Å². The molecule has 1 unspecified atom stereocenters. The Labute approximate surface area is 126 Å². The zero-order valence-electron chi connectivity index (χ0n) is 12.5. The van der Waals surface area contributed by atoms with Gasteiger partial charge in [0.2, 0.25) is 5.91 Å². The molecule has 0 saturated heterocycles. The van der Waals surface area contributed by atoms with E-state index in [1.165, 1.54) is 5.56 Å². The maximum atomic E-state index is 12.2. The molecular weight excluding hydrogens is 258 g/mol. The van der Waals surface area contributed by atoms with Gasteiger partial charge in [-0.25, -0.2) is 0 Å². The molecule has 1 amide bonds. The van der Waals surface area contributed by atoms with Gasteiger partial charge in [-0.15, -0.1) is 0 Å². The van der Waals surface area contributed by atoms with Crippen LogP contribution in [0, 0.1) is 0 Å². The number of nitrogens with one attached hydrogen (secondary N) is 1. The van der Waals surface area contributed by atoms with Crippen molar-refractivity contribution < 1.29 is 4.79 Å². The lowest BCUT2D eigenvalue weighted by atomic mass is 10.1. The third-order valence-corrected chi connectivity index (χ3v) is 3.30. The van der Waals surface area contributed by atoms with E-state index in [4.69, 9.17) is 0 Å². The molecule has 2 aromatic carbocycles. The zero-order chi connectivity index (χ0) is 15.1. The normalized spacial score (nSPS) is 12.8. The monoisotopic (exact) mass is 279 g/mol. The van der Waals surface area contributed by atoms with Gasteiger partial charge in [-0.2, -0.15) is 0 Å². The van der Waals surface area contributed by atoms with Crippen molar-refractivity contribution in [3.63, 3.8) is 0 Å². The van der Waals surface area contributed by atoms with Gasteiger partial charge in [0, 0.05) is 11.6 Å². The van der Waals surface area contributed by atoms with Crippen molar-refractivity contribution in [1.82, 2.24) is 5.32 Å². The van der Waals surface area contributed by atoms with Gasteiger partial charge < -0.3 is 5.32 Å². The van der Waals surface area contributed by atoms with E-state index in [1.807, 2.05) is 68.5 Å². The SMILES string of the molecule is C/C(=C\c1ccccc1)C(=O)NC(C)Cc1ccccc1. The summed E-state index contributed by atoms with van der Waals surface area (Å²) in [5.74, 6) is -0.0118. The molecule has 0 heterocycles. The molecule has 1 N–H and O–H groups in total. The first-order valence-electron chi connectivity index (χ1n) is 7.23. The molecule has 2 heteroatoms. The Morgan fingerprint density at radius 2 is 1.62 bits per heavy atom. The summed E-state index contributed by atoms with van der Waals surface area (Å²) in [6.07, 6.45) is 2.75. The number of amides is 1. The quantitative estimate of drug-likeness (QED) is 0.828. The van der Waals surface area contributed by atoms with E-state index in [9.17, 15) is 4.79 Å². The first kappa shape index (κ1) is 15.0. The van der Waals surface area contributed by atoms with Crippen molar-refractivity contribution in [2.24, 2.45) is 0 Å². The van der Waals surface area contributed by atoms with Crippen LogP contribution in [0.2, 0.25) is 0 Å². The van der Waals surface area contributed by atoms with Crippen LogP contribution in [0.4, 0.5) is 0 Å². The van der Waals surface area contributed by atoms with Crippen LogP contribution in [0.3, 0.4) is 0 Å². The Bertz CT molecular complexity index is 602. The number of rotatable bonds is 5. The summed E-state index contributed by atoms with van der Waals surface area (Å²) in [7, 11) is 0. The topological polar surface area (TPSA) is 29.1 Å². The second kappa shape index (κ2) is 7.44. The third kappa shape index (κ3) is 4.92. The van der Waals surface area contributed by atoms with Crippen LogP contribution in [0.1, 0.15) is 25.0 Å². The summed E-state index contributed by atoms with van der Waals surface area (Å²) in [6.45, 7) is 3.87. The van der Waals surface area contributed by atoms with Crippen molar-refractivity contribution in [2.45, 2.75) is 26.3 Å². The Morgan fingerprint density at radius 3 is 2.24 bits per heavy atom. The maximum Gasteiger partial charge on any atom is 0.247 e. The molecule has 0 saturated carbocycles. The first-order chi connectivity index (χ1) is 10.1. The third-order valence-electron chi connectivity index (χ3n) is 3.30. The number of hydrogen-bond acceptors (Lipinski definition) is 1. The van der Waals surface area contributed by atoms with Crippen LogP contribution in [0.25, 0.3) is 6.08 Å². The Balaban J connectivity index is 1.93. The summed E-state index contributed by atoms with van der Waals surface area (Å²) < 4.78 is 0. The van der Waals surface area contributed by atoms with Crippen molar-refractivity contribution >= 4 is 12.0 Å². The molecule has 2 rings (SSSR count). The highest BCUT2D eigenvalue weighted by atomic mass is 16.1. The Hall–Kier alpha value is -2.35. The van der Waals surface area contributed by atoms with E-state index in [0.29, 0.717) is 0 Å². The van der Waals surface area contributed by atoms with Gasteiger partial charge >= 0.3 is 0 Å². The van der Waals surface area contributed by atoms with Crippen molar-refractivity contribution in [1.29, 1.82) is 0 Å². The molecule has 21 heavy (non-hydrogen) atoms. The number of carbonyl (C=O) groups excluding carboxylic acids is 1. The molecule has 108 valence electrons. The van der Waals surface area contributed by atoms with E-state index in [0.717, 1.165) is 17.6 Å². The van der Waals surface area contributed by atoms with Gasteiger partial charge in [-0.05, 0) is 37.5 Å². The second-order valence-corrected chi connectivity index (χ2v) is 5.30. The van der Waals surface area contributed by atoms with E-state index in [-0.39, 0.29) is 11.9 Å². The van der Waals surface area contributed by atoms with Crippen molar-refractivity contribution in [3.8, 4) is 0 Å². The van der Waals surface area contributed by atoms with Crippen LogP contribution >= 0.6 is 0 Å². The van der Waals surface area contributed by atoms with E-state index in [1.54, 1.807) is 0 Å². The van der Waals surface area contributed by atoms with Crippen molar-refractivity contribution in [2.75, 3.05) is 0 Å². The lowest BCUT2D eigenvalue weighted by Crippen LogP contribution is -2.34. The molecule has 0 spiro atoms. The van der Waals surface area contributed by atoms with Gasteiger partial charge in [0.15, 0.2) is 0 Å². The molecule has 0 aliphatic heterocycles. The molecule has 0 aliphatic rings. The smallest absolute Gasteiger partial charge is 0.247 e. The fourth-order valence-electron chi connectivity index (χ4n) is 2.22. The van der Waals surface area contributed by atoms with Gasteiger partial charge in [-0.3, -0.25) is 4.79 Å². The lowest BCUT2D eigenvalue weighted by Gasteiger charge is -2.14. The number of carbonyl (C=O) groups is 1. The predicted molar refractivity (Wildman–Crippen MR) is 87.8 cm³/mol. The van der Waals surface area contributed by atoms with Crippen LogP contribution in [-0.4, -0.2) is 11.9 Å². The minimum absolute atomic E-state index is 0.0118. The highest BCUT2D eigenvalue weighted by Gasteiger charge is 2.09. The van der Waals surface area contributed by atoms with E-state index < -0.39 is 0 Å². The van der Waals surface area contributed by atoms with Crippen LogP contribution in [0.15, 0.2) is 66.2 Å². The highest BCUT2D eigenvalue weighted by Crippen LogP contribution is 2.07. The van der Waals surface area contributed by atoms with Gasteiger partial charge in [0.1, 0.15) is 0 Å². The molecule has 1 atom stereocenters. The fourth-order valence-corrected chi connectivity index (χ4v) is 2.22. The molecule has 0 radical (unpaired) electrons. The Kier molecular flexibility index (Phi) is 5.33. The zero-order valence-corrected chi connectivity index (χ0v) is 12.5. The highest BCUT2D eigenvalue weighted by molar-refractivity contribution is 5.97. The summed E-state index contributed by atoms with van der Waals surface area (Å²) >= 11 is 0. The average Bonchev–Trinajstić information content (AvgIpc) is 2.49. The van der Waals surface area contributed by atoms with Gasteiger partial charge in [0.25, 0.3) is 0 Å². The molecule has 2 aromatic rings. The number of hydrogen-bond donors (Lipinski definition) is 1. The van der Waals surface area contributed by atoms with Crippen LogP contribution < -0.4 is 5.32 Å². The second-order valence-electron chi connectivity index (χ2n) is 5.30. The summed E-state index contributed by atoms with van der Waals surface area (Å²) in [5.41, 5.74) is 3.00. The fraction of sp³-hybridized carbons (Fsp3) is 0.211. The largest absolute Gasteiger partial charge is 0.350 e. The van der Waals surface area contributed by atoms with E-state index in [2.05, 4.69) is 17.4 Å². The minimum atomic E-state index is -0.0118. The molecule has 0 fully saturated rings. The number of benzene rings is 2. The van der Waals surface area contributed by atoms with E-state index >= 15 is 0 Å². The van der Waals surface area contributed by atoms with Crippen LogP contribution in [-0.2, 0) is 11.2 Å². The lowest BCUT2D eigenvalue weighted by molar-refractivity contribution is -0.117. The van der Waals surface area contributed by atoms with Crippen LogP contribution in [0.5, 0.6) is 0 Å². The standard InChI is InChI=1S/C19H21NO/c1-15(13-17-9-5-3-6-10-17)19(21)20-16(2)14-18-11-7-4-8-12-18/h3-13,16H,14H2,1-2H3,(H,20,21)/b15-13+. The molecule has 0 aliphatic carbocycles. The average molecular weight is 279 g/mol. The maximum absolute atomic E-state index is 12.2. The van der Waals surface area contributed by atoms with Gasteiger partial charge in [-0.1, -0.05) is 60.7 Å². The minimum Gasteiger partial charge on any atom is -0.350 e. The molecular formula is C19H21NO. The first-order valence-corrected chi connectivity index (χ1v) is 7.23. The molecule has 0 bridgehead atoms. The predicted octanol–water partition coefficient (Wildman–Crippen LogP) is 3.84. The summed E-state index contributed by atoms with van der Waals surface area (Å²) in [4.78, 5) is 12.2. The van der Waals surface area contributed by atoms with Crippen molar-refractivity contribution in [3.05, 3.63) is 77.4 Å². The molecule has 0 aromatic heterocycles. The summed E-state index contributed by atoms with van der Waals surface area (Å²) in [5, 5.41) is 3.04. The Morgan fingerprint density at radius 1 is 1.05 bits per heavy atom.